The normalized spacial score (nSPS) is 11.7. The number of hydrogen-bond acceptors (Lipinski definition) is 0. The highest BCUT2D eigenvalue weighted by atomic mass is 28.3. The monoisotopic (exact) mass is 529 g/mol. The Morgan fingerprint density at radius 2 is 0.925 bits per heavy atom. The molecule has 1 nitrogen and oxygen atoms in total. The molecule has 2 heteroatoms. The van der Waals surface area contributed by atoms with Crippen molar-refractivity contribution in [3.05, 3.63) is 158 Å². The lowest BCUT2D eigenvalue weighted by Gasteiger charge is -2.34. The van der Waals surface area contributed by atoms with Crippen LogP contribution in [0.15, 0.2) is 158 Å². The third kappa shape index (κ3) is 3.84. The van der Waals surface area contributed by atoms with Crippen molar-refractivity contribution >= 4 is 50.6 Å². The van der Waals surface area contributed by atoms with Crippen LogP contribution < -0.4 is 20.7 Å². The van der Waals surface area contributed by atoms with E-state index >= 15 is 0 Å². The number of hydrogen-bond donors (Lipinski definition) is 0. The summed E-state index contributed by atoms with van der Waals surface area (Å²) in [5, 5.41) is 8.21. The topological polar surface area (TPSA) is 4.93 Å². The summed E-state index contributed by atoms with van der Waals surface area (Å²) in [6, 6.07) is 58.5. The molecule has 40 heavy (non-hydrogen) atoms. The number of nitrogens with zero attached hydrogens (tertiary/aromatic N) is 1. The molecule has 0 aliphatic rings. The standard InChI is InChI=1S/C38H31NSi/c1-2-39-37-24-13-12-23-35(37)36-28-30(25-26-38(36)39)29-15-14-22-34(27-29)40(31-16-6-3-7-17-31,32-18-8-4-9-19-32)33-20-10-5-11-21-33/h3-28H,2H2,1H3. The Kier molecular flexibility index (Phi) is 6.18. The summed E-state index contributed by atoms with van der Waals surface area (Å²) in [6.07, 6.45) is 0. The average Bonchev–Trinajstić information content (AvgIpc) is 3.36. The predicted octanol–water partition coefficient (Wildman–Crippen LogP) is 6.86. The Balaban J connectivity index is 1.49. The van der Waals surface area contributed by atoms with Gasteiger partial charge in [-0.15, -0.1) is 0 Å². The summed E-state index contributed by atoms with van der Waals surface area (Å²) in [5.74, 6) is 0. The Bertz CT molecular complexity index is 1820. The van der Waals surface area contributed by atoms with Crippen LogP contribution in [0.5, 0.6) is 0 Å². The molecule has 0 amide bonds. The molecule has 0 unspecified atom stereocenters. The maximum atomic E-state index is 2.46. The van der Waals surface area contributed by atoms with Crippen molar-refractivity contribution < 1.29 is 0 Å². The maximum Gasteiger partial charge on any atom is 0.179 e. The first-order chi connectivity index (χ1) is 19.8. The molecule has 7 rings (SSSR count). The summed E-state index contributed by atoms with van der Waals surface area (Å²) in [7, 11) is -2.57. The van der Waals surface area contributed by atoms with Gasteiger partial charge in [-0.25, -0.2) is 0 Å². The zero-order valence-corrected chi connectivity index (χ0v) is 23.7. The summed E-state index contributed by atoms with van der Waals surface area (Å²) in [6.45, 7) is 3.18. The molecule has 0 saturated heterocycles. The zero-order valence-electron chi connectivity index (χ0n) is 22.7. The van der Waals surface area contributed by atoms with Crippen LogP contribution in [0.2, 0.25) is 0 Å². The highest BCUT2D eigenvalue weighted by Gasteiger charge is 2.41. The van der Waals surface area contributed by atoms with E-state index in [9.17, 15) is 0 Å². The molecule has 0 saturated carbocycles. The van der Waals surface area contributed by atoms with Crippen LogP contribution >= 0.6 is 0 Å². The first kappa shape index (κ1) is 24.4. The van der Waals surface area contributed by atoms with Gasteiger partial charge < -0.3 is 4.57 Å². The molecule has 0 spiro atoms. The van der Waals surface area contributed by atoms with E-state index < -0.39 is 8.07 Å². The van der Waals surface area contributed by atoms with E-state index in [0.29, 0.717) is 0 Å². The van der Waals surface area contributed by atoms with Crippen molar-refractivity contribution in [2.45, 2.75) is 13.5 Å². The van der Waals surface area contributed by atoms with E-state index in [1.165, 1.54) is 53.7 Å². The van der Waals surface area contributed by atoms with Crippen LogP contribution in [0.4, 0.5) is 0 Å². The number of rotatable bonds is 6. The molecule has 0 radical (unpaired) electrons. The molecule has 1 aromatic heterocycles. The van der Waals surface area contributed by atoms with E-state index in [1.54, 1.807) is 0 Å². The highest BCUT2D eigenvalue weighted by molar-refractivity contribution is 7.19. The van der Waals surface area contributed by atoms with Crippen LogP contribution in [0.1, 0.15) is 6.92 Å². The number of aromatic nitrogens is 1. The van der Waals surface area contributed by atoms with Crippen LogP contribution in [0, 0.1) is 0 Å². The van der Waals surface area contributed by atoms with Crippen molar-refractivity contribution in [3.63, 3.8) is 0 Å². The highest BCUT2D eigenvalue weighted by Crippen LogP contribution is 2.32. The Morgan fingerprint density at radius 1 is 0.425 bits per heavy atom. The van der Waals surface area contributed by atoms with E-state index in [0.717, 1.165) is 6.54 Å². The van der Waals surface area contributed by atoms with Gasteiger partial charge in [-0.1, -0.05) is 140 Å². The van der Waals surface area contributed by atoms with Crippen molar-refractivity contribution in [3.8, 4) is 11.1 Å². The second-order valence-corrected chi connectivity index (χ2v) is 14.2. The van der Waals surface area contributed by atoms with Crippen LogP contribution in [-0.4, -0.2) is 12.6 Å². The quantitative estimate of drug-likeness (QED) is 0.164. The second kappa shape index (κ2) is 10.1. The van der Waals surface area contributed by atoms with E-state index in [2.05, 4.69) is 169 Å². The van der Waals surface area contributed by atoms with Gasteiger partial charge in [-0.3, -0.25) is 0 Å². The SMILES string of the molecule is CCn1c2ccccc2c2cc(-c3cccc([Si](c4ccccc4)(c4ccccc4)c4ccccc4)c3)ccc21. The largest absolute Gasteiger partial charge is 0.341 e. The van der Waals surface area contributed by atoms with Crippen LogP contribution in [0.25, 0.3) is 32.9 Å². The molecular formula is C38H31NSi. The smallest absolute Gasteiger partial charge is 0.179 e. The first-order valence-electron chi connectivity index (χ1n) is 14.1. The lowest BCUT2D eigenvalue weighted by atomic mass is 10.0. The molecule has 0 N–H and O–H groups in total. The molecule has 7 aromatic rings. The molecule has 0 aliphatic heterocycles. The minimum atomic E-state index is -2.57. The van der Waals surface area contributed by atoms with Gasteiger partial charge in [-0.2, -0.15) is 0 Å². The fourth-order valence-corrected chi connectivity index (χ4v) is 11.4. The van der Waals surface area contributed by atoms with Crippen molar-refractivity contribution in [1.82, 2.24) is 4.57 Å². The Labute approximate surface area is 237 Å². The van der Waals surface area contributed by atoms with Crippen LogP contribution in [0.3, 0.4) is 0 Å². The predicted molar refractivity (Wildman–Crippen MR) is 174 cm³/mol. The number of fused-ring (bicyclic) bond motifs is 3. The van der Waals surface area contributed by atoms with Crippen molar-refractivity contribution in [1.29, 1.82) is 0 Å². The van der Waals surface area contributed by atoms with Crippen molar-refractivity contribution in [2.24, 2.45) is 0 Å². The fraction of sp³-hybridized carbons (Fsp3) is 0.0526. The van der Waals surface area contributed by atoms with Crippen molar-refractivity contribution in [2.75, 3.05) is 0 Å². The van der Waals surface area contributed by atoms with Gasteiger partial charge in [-0.05, 0) is 57.0 Å². The third-order valence-electron chi connectivity index (χ3n) is 8.34. The maximum absolute atomic E-state index is 2.57. The second-order valence-electron chi connectivity index (χ2n) is 10.4. The molecule has 0 fully saturated rings. The minimum Gasteiger partial charge on any atom is -0.341 e. The average molecular weight is 530 g/mol. The molecule has 0 bridgehead atoms. The van der Waals surface area contributed by atoms with Gasteiger partial charge in [0, 0.05) is 28.4 Å². The molecular weight excluding hydrogens is 499 g/mol. The third-order valence-corrected chi connectivity index (χ3v) is 13.1. The molecule has 0 atom stereocenters. The fourth-order valence-electron chi connectivity index (χ4n) is 6.57. The van der Waals surface area contributed by atoms with Gasteiger partial charge in [0.05, 0.1) is 0 Å². The number of para-hydroxylation sites is 1. The van der Waals surface area contributed by atoms with E-state index in [4.69, 9.17) is 0 Å². The van der Waals surface area contributed by atoms with Gasteiger partial charge in [0.15, 0.2) is 8.07 Å². The molecule has 1 heterocycles. The molecule has 192 valence electrons. The summed E-state index contributed by atoms with van der Waals surface area (Å²) in [5.41, 5.74) is 5.11. The Hall–Kier alpha value is -4.66. The van der Waals surface area contributed by atoms with Crippen LogP contribution in [-0.2, 0) is 6.54 Å². The Morgan fingerprint density at radius 3 is 1.52 bits per heavy atom. The van der Waals surface area contributed by atoms with Gasteiger partial charge in [0.2, 0.25) is 0 Å². The van der Waals surface area contributed by atoms with E-state index in [1.807, 2.05) is 0 Å². The first-order valence-corrected chi connectivity index (χ1v) is 16.1. The molecule has 0 aliphatic carbocycles. The van der Waals surface area contributed by atoms with E-state index in [-0.39, 0.29) is 0 Å². The molecule has 6 aromatic carbocycles. The number of aryl methyl sites for hydroxylation is 1. The summed E-state index contributed by atoms with van der Waals surface area (Å²) >= 11 is 0. The zero-order chi connectivity index (χ0) is 26.9. The van der Waals surface area contributed by atoms with Gasteiger partial charge in [0.1, 0.15) is 0 Å². The lowest BCUT2D eigenvalue weighted by Crippen LogP contribution is -2.74. The number of benzene rings is 6. The van der Waals surface area contributed by atoms with Gasteiger partial charge >= 0.3 is 0 Å². The minimum absolute atomic E-state index is 0.957. The van der Waals surface area contributed by atoms with Gasteiger partial charge in [0.25, 0.3) is 0 Å². The lowest BCUT2D eigenvalue weighted by molar-refractivity contribution is 0.827. The summed E-state index contributed by atoms with van der Waals surface area (Å²) < 4.78 is 2.42. The summed E-state index contributed by atoms with van der Waals surface area (Å²) in [4.78, 5) is 0.